The topological polar surface area (TPSA) is 50.9 Å². The highest BCUT2D eigenvalue weighted by atomic mass is 32.1. The third-order valence-electron chi connectivity index (χ3n) is 4.40. The summed E-state index contributed by atoms with van der Waals surface area (Å²) in [6.07, 6.45) is 6.87. The van der Waals surface area contributed by atoms with Crippen LogP contribution in [-0.2, 0) is 13.0 Å². The second-order valence-electron chi connectivity index (χ2n) is 6.51. The third kappa shape index (κ3) is 4.87. The standard InChI is InChI=1S/C20H25N3S/c1-15(10-20(21)5-3-16-7-9-24-14-16)23-12-17-2-4-19-13-22-8-6-18(19)11-17/h2,4,6-9,11,13-15,20,23H,3,5,10,12,21H2,1H3/t15-,20?/m1/s1. The van der Waals surface area contributed by atoms with Gasteiger partial charge in [0, 0.05) is 36.4 Å². The molecule has 24 heavy (non-hydrogen) atoms. The van der Waals surface area contributed by atoms with Crippen molar-refractivity contribution in [3.63, 3.8) is 0 Å². The van der Waals surface area contributed by atoms with Crippen molar-refractivity contribution in [1.29, 1.82) is 0 Å². The summed E-state index contributed by atoms with van der Waals surface area (Å²) in [4.78, 5) is 4.16. The van der Waals surface area contributed by atoms with Gasteiger partial charge < -0.3 is 11.1 Å². The maximum atomic E-state index is 6.29. The number of fused-ring (bicyclic) bond motifs is 1. The Bertz CT molecular complexity index is 754. The van der Waals surface area contributed by atoms with Gasteiger partial charge in [0.05, 0.1) is 0 Å². The predicted molar refractivity (Wildman–Crippen MR) is 103 cm³/mol. The molecule has 3 rings (SSSR count). The van der Waals surface area contributed by atoms with Crippen molar-refractivity contribution in [3.05, 3.63) is 64.6 Å². The van der Waals surface area contributed by atoms with Crippen LogP contribution in [-0.4, -0.2) is 17.1 Å². The molecule has 2 aromatic heterocycles. The molecule has 2 atom stereocenters. The van der Waals surface area contributed by atoms with E-state index in [0.29, 0.717) is 6.04 Å². The van der Waals surface area contributed by atoms with Crippen LogP contribution >= 0.6 is 11.3 Å². The summed E-state index contributed by atoms with van der Waals surface area (Å²) in [6.45, 7) is 3.09. The molecule has 1 unspecified atom stereocenters. The van der Waals surface area contributed by atoms with Gasteiger partial charge >= 0.3 is 0 Å². The molecule has 4 heteroatoms. The molecule has 3 aromatic rings. The van der Waals surface area contributed by atoms with Gasteiger partial charge in [-0.15, -0.1) is 0 Å². The molecule has 0 aliphatic carbocycles. The van der Waals surface area contributed by atoms with Crippen molar-refractivity contribution in [1.82, 2.24) is 10.3 Å². The van der Waals surface area contributed by atoms with E-state index in [4.69, 9.17) is 5.73 Å². The Kier molecular flexibility index (Phi) is 5.96. The monoisotopic (exact) mass is 339 g/mol. The Morgan fingerprint density at radius 1 is 1.17 bits per heavy atom. The summed E-state index contributed by atoms with van der Waals surface area (Å²) >= 11 is 1.75. The molecule has 1 aromatic carbocycles. The van der Waals surface area contributed by atoms with Gasteiger partial charge in [0.15, 0.2) is 0 Å². The maximum absolute atomic E-state index is 6.29. The molecule has 0 amide bonds. The van der Waals surface area contributed by atoms with Crippen LogP contribution in [0.25, 0.3) is 10.8 Å². The van der Waals surface area contributed by atoms with Crippen LogP contribution in [0.5, 0.6) is 0 Å². The largest absolute Gasteiger partial charge is 0.328 e. The first-order valence-electron chi connectivity index (χ1n) is 8.53. The molecule has 0 radical (unpaired) electrons. The van der Waals surface area contributed by atoms with E-state index in [9.17, 15) is 0 Å². The number of nitrogens with one attached hydrogen (secondary N) is 1. The zero-order valence-electron chi connectivity index (χ0n) is 14.1. The van der Waals surface area contributed by atoms with Crippen molar-refractivity contribution in [2.45, 2.75) is 44.8 Å². The summed E-state index contributed by atoms with van der Waals surface area (Å²) < 4.78 is 0. The van der Waals surface area contributed by atoms with E-state index in [0.717, 1.165) is 25.8 Å². The molecule has 126 valence electrons. The van der Waals surface area contributed by atoms with Crippen LogP contribution in [0.3, 0.4) is 0 Å². The Morgan fingerprint density at radius 3 is 2.92 bits per heavy atom. The number of hydrogen-bond acceptors (Lipinski definition) is 4. The summed E-state index contributed by atoms with van der Waals surface area (Å²) in [6, 6.07) is 11.4. The van der Waals surface area contributed by atoms with E-state index in [1.54, 1.807) is 11.3 Å². The SMILES string of the molecule is C[C@H](CC(N)CCc1ccsc1)NCc1ccc2cnccc2c1. The minimum Gasteiger partial charge on any atom is -0.328 e. The molecule has 3 N–H and O–H groups in total. The van der Waals surface area contributed by atoms with Crippen LogP contribution in [0.15, 0.2) is 53.5 Å². The van der Waals surface area contributed by atoms with Gasteiger partial charge in [0.1, 0.15) is 0 Å². The number of nitrogens with zero attached hydrogens (tertiary/aromatic N) is 1. The highest BCUT2D eigenvalue weighted by Gasteiger charge is 2.09. The third-order valence-corrected chi connectivity index (χ3v) is 5.13. The molecule has 2 heterocycles. The van der Waals surface area contributed by atoms with Crippen LogP contribution in [0.1, 0.15) is 30.9 Å². The zero-order valence-corrected chi connectivity index (χ0v) is 14.9. The average molecular weight is 340 g/mol. The summed E-state index contributed by atoms with van der Waals surface area (Å²) in [5.74, 6) is 0. The van der Waals surface area contributed by atoms with Gasteiger partial charge in [-0.2, -0.15) is 11.3 Å². The molecule has 0 aliphatic heterocycles. The fourth-order valence-electron chi connectivity index (χ4n) is 2.98. The van der Waals surface area contributed by atoms with Gasteiger partial charge in [0.2, 0.25) is 0 Å². The summed E-state index contributed by atoms with van der Waals surface area (Å²) in [5.41, 5.74) is 8.99. The van der Waals surface area contributed by atoms with E-state index in [-0.39, 0.29) is 6.04 Å². The molecule has 0 saturated carbocycles. The Balaban J connectivity index is 1.44. The number of pyridine rings is 1. The number of aromatic nitrogens is 1. The lowest BCUT2D eigenvalue weighted by atomic mass is 10.0. The smallest absolute Gasteiger partial charge is 0.0346 e. The first-order chi connectivity index (χ1) is 11.7. The van der Waals surface area contributed by atoms with E-state index < -0.39 is 0 Å². The molecule has 0 aliphatic rings. The predicted octanol–water partition coefficient (Wildman–Crippen LogP) is 4.12. The minimum atomic E-state index is 0.245. The van der Waals surface area contributed by atoms with Crippen LogP contribution in [0.2, 0.25) is 0 Å². The number of thiophene rings is 1. The van der Waals surface area contributed by atoms with Crippen molar-refractivity contribution in [2.75, 3.05) is 0 Å². The average Bonchev–Trinajstić information content (AvgIpc) is 3.11. The summed E-state index contributed by atoms with van der Waals surface area (Å²) in [5, 5.41) is 10.4. The molecular weight excluding hydrogens is 314 g/mol. The van der Waals surface area contributed by atoms with E-state index in [1.165, 1.54) is 21.9 Å². The van der Waals surface area contributed by atoms with Gasteiger partial charge in [0.25, 0.3) is 0 Å². The van der Waals surface area contributed by atoms with Crippen molar-refractivity contribution < 1.29 is 0 Å². The van der Waals surface area contributed by atoms with Gasteiger partial charge in [-0.05, 0) is 71.7 Å². The van der Waals surface area contributed by atoms with Crippen LogP contribution in [0, 0.1) is 0 Å². The van der Waals surface area contributed by atoms with Crippen molar-refractivity contribution in [3.8, 4) is 0 Å². The molecular formula is C20H25N3S. The molecule has 0 fully saturated rings. The second-order valence-corrected chi connectivity index (χ2v) is 7.29. The first-order valence-corrected chi connectivity index (χ1v) is 9.47. The number of rotatable bonds is 8. The number of benzene rings is 1. The first kappa shape index (κ1) is 17.1. The van der Waals surface area contributed by atoms with Gasteiger partial charge in [-0.25, -0.2) is 0 Å². The fraction of sp³-hybridized carbons (Fsp3) is 0.350. The lowest BCUT2D eigenvalue weighted by Gasteiger charge is -2.19. The Morgan fingerprint density at radius 2 is 2.08 bits per heavy atom. The Labute approximate surface area is 147 Å². The zero-order chi connectivity index (χ0) is 16.8. The van der Waals surface area contributed by atoms with Gasteiger partial charge in [-0.3, -0.25) is 4.98 Å². The molecule has 0 saturated heterocycles. The lowest BCUT2D eigenvalue weighted by Crippen LogP contribution is -2.33. The molecule has 0 bridgehead atoms. The fourth-order valence-corrected chi connectivity index (χ4v) is 3.68. The Hall–Kier alpha value is -1.75. The highest BCUT2D eigenvalue weighted by molar-refractivity contribution is 7.07. The van der Waals surface area contributed by atoms with Crippen LogP contribution < -0.4 is 11.1 Å². The highest BCUT2D eigenvalue weighted by Crippen LogP contribution is 2.15. The number of aryl methyl sites for hydroxylation is 1. The number of nitrogens with two attached hydrogens (primary N) is 1. The second kappa shape index (κ2) is 8.38. The normalized spacial score (nSPS) is 13.9. The van der Waals surface area contributed by atoms with Gasteiger partial charge in [-0.1, -0.05) is 12.1 Å². The van der Waals surface area contributed by atoms with Crippen molar-refractivity contribution >= 4 is 22.1 Å². The number of hydrogen-bond donors (Lipinski definition) is 2. The quantitative estimate of drug-likeness (QED) is 0.649. The van der Waals surface area contributed by atoms with Crippen LogP contribution in [0.4, 0.5) is 0 Å². The van der Waals surface area contributed by atoms with E-state index in [2.05, 4.69) is 58.3 Å². The summed E-state index contributed by atoms with van der Waals surface area (Å²) in [7, 11) is 0. The van der Waals surface area contributed by atoms with E-state index in [1.807, 2.05) is 12.4 Å². The molecule has 0 spiro atoms. The molecule has 3 nitrogen and oxygen atoms in total. The lowest BCUT2D eigenvalue weighted by molar-refractivity contribution is 0.447. The maximum Gasteiger partial charge on any atom is 0.0346 e. The van der Waals surface area contributed by atoms with E-state index >= 15 is 0 Å². The minimum absolute atomic E-state index is 0.245. The van der Waals surface area contributed by atoms with Crippen molar-refractivity contribution in [2.24, 2.45) is 5.73 Å².